The third-order valence-electron chi connectivity index (χ3n) is 9.81. The Morgan fingerprint density at radius 1 is 0.820 bits per heavy atom. The van der Waals surface area contributed by atoms with Crippen LogP contribution in [0, 0.1) is 0 Å². The monoisotopic (exact) mass is 662 g/mol. The topological polar surface area (TPSA) is 86.2 Å². The van der Waals surface area contributed by atoms with Crippen molar-refractivity contribution in [1.82, 2.24) is 20.5 Å². The van der Waals surface area contributed by atoms with E-state index in [0.29, 0.717) is 25.6 Å². The second-order valence-corrected chi connectivity index (χ2v) is 12.9. The average Bonchev–Trinajstić information content (AvgIpc) is 3.47. The van der Waals surface area contributed by atoms with Crippen LogP contribution in [0.25, 0.3) is 22.4 Å². The number of nitrogens with zero attached hydrogens (tertiary/aromatic N) is 3. The minimum Gasteiger partial charge on any atom is -0.497 e. The van der Waals surface area contributed by atoms with Gasteiger partial charge in [0.2, 0.25) is 5.91 Å². The van der Waals surface area contributed by atoms with Crippen molar-refractivity contribution in [3.05, 3.63) is 150 Å². The van der Waals surface area contributed by atoms with Crippen LogP contribution in [-0.2, 0) is 16.6 Å². The van der Waals surface area contributed by atoms with Gasteiger partial charge in [0.15, 0.2) is 0 Å². The number of carbonyl (C=O) groups excluding carboxylic acids is 1. The number of benzene rings is 4. The number of ether oxygens (including phenoxy) is 2. The number of nitrogens with one attached hydrogen (secondary N) is 1. The predicted molar refractivity (Wildman–Crippen MR) is 197 cm³/mol. The van der Waals surface area contributed by atoms with E-state index in [0.717, 1.165) is 82.6 Å². The van der Waals surface area contributed by atoms with Gasteiger partial charge < -0.3 is 14.8 Å². The van der Waals surface area contributed by atoms with Crippen LogP contribution in [0.3, 0.4) is 0 Å². The predicted octanol–water partition coefficient (Wildman–Crippen LogP) is 8.41. The molecule has 0 fully saturated rings. The molecule has 0 saturated carbocycles. The van der Waals surface area contributed by atoms with Gasteiger partial charge in [0.25, 0.3) is 0 Å². The zero-order chi connectivity index (χ0) is 34.2. The first-order valence-electron chi connectivity index (χ1n) is 17.5. The number of methoxy groups -OCH3 is 1. The highest BCUT2D eigenvalue weighted by Crippen LogP contribution is 2.51. The number of fused-ring (bicyclic) bond motifs is 3. The lowest BCUT2D eigenvalue weighted by Crippen LogP contribution is -2.45. The molecule has 1 aromatic heterocycles. The molecule has 252 valence electrons. The first kappa shape index (κ1) is 33.0. The van der Waals surface area contributed by atoms with Gasteiger partial charge >= 0.3 is 6.01 Å². The van der Waals surface area contributed by atoms with E-state index in [4.69, 9.17) is 14.5 Å². The van der Waals surface area contributed by atoms with Gasteiger partial charge in [0, 0.05) is 18.0 Å². The second-order valence-electron chi connectivity index (χ2n) is 12.9. The van der Waals surface area contributed by atoms with Crippen LogP contribution in [0.2, 0.25) is 0 Å². The van der Waals surface area contributed by atoms with Crippen LogP contribution >= 0.6 is 0 Å². The Kier molecular flexibility index (Phi) is 10.1. The van der Waals surface area contributed by atoms with Crippen molar-refractivity contribution >= 4 is 5.91 Å². The Balaban J connectivity index is 1.02. The van der Waals surface area contributed by atoms with Crippen molar-refractivity contribution in [2.24, 2.45) is 0 Å². The lowest BCUT2D eigenvalue weighted by Gasteiger charge is -2.31. The second kappa shape index (κ2) is 15.3. The Morgan fingerprint density at radius 3 is 2.24 bits per heavy atom. The van der Waals surface area contributed by atoms with Crippen LogP contribution in [0.15, 0.2) is 127 Å². The molecule has 50 heavy (non-hydrogen) atoms. The van der Waals surface area contributed by atoms with E-state index in [1.54, 1.807) is 7.11 Å². The highest BCUT2D eigenvalue weighted by atomic mass is 16.5. The molecule has 1 unspecified atom stereocenters. The summed E-state index contributed by atoms with van der Waals surface area (Å²) in [6, 6.07) is 35.1. The lowest BCUT2D eigenvalue weighted by molar-refractivity contribution is -0.125. The third kappa shape index (κ3) is 6.81. The van der Waals surface area contributed by atoms with E-state index in [9.17, 15) is 4.79 Å². The summed E-state index contributed by atoms with van der Waals surface area (Å²) in [5.41, 5.74) is 7.48. The van der Waals surface area contributed by atoms with Crippen molar-refractivity contribution in [3.8, 4) is 34.1 Å². The summed E-state index contributed by atoms with van der Waals surface area (Å²) in [6.07, 6.45) is 13.3. The lowest BCUT2D eigenvalue weighted by atomic mass is 9.73. The number of hydrogen-bond acceptors (Lipinski definition) is 6. The average molecular weight is 663 g/mol. The summed E-state index contributed by atoms with van der Waals surface area (Å²) < 4.78 is 11.4. The quantitative estimate of drug-likeness (QED) is 0.120. The highest BCUT2D eigenvalue weighted by Gasteiger charge is 2.48. The van der Waals surface area contributed by atoms with Gasteiger partial charge in [-0.05, 0) is 65.6 Å². The molecule has 0 spiro atoms. The zero-order valence-electron chi connectivity index (χ0n) is 28.4. The molecule has 0 radical (unpaired) electrons. The van der Waals surface area contributed by atoms with Gasteiger partial charge in [-0.3, -0.25) is 4.79 Å². The van der Waals surface area contributed by atoms with Gasteiger partial charge in [0.05, 0.1) is 19.4 Å². The number of unbranched alkanes of at least 4 members (excludes halogenated alkanes) is 2. The fourth-order valence-corrected chi connectivity index (χ4v) is 7.28. The molecule has 0 aliphatic heterocycles. The fraction of sp³-hybridized carbons (Fsp3) is 0.256. The molecule has 1 N–H and O–H groups in total. The zero-order valence-corrected chi connectivity index (χ0v) is 28.4. The largest absolute Gasteiger partial charge is 0.497 e. The van der Waals surface area contributed by atoms with E-state index in [1.807, 2.05) is 66.7 Å². The molecule has 1 atom stereocenters. The van der Waals surface area contributed by atoms with Crippen molar-refractivity contribution in [2.75, 3.05) is 20.3 Å². The molecular formula is C43H42N4O3. The summed E-state index contributed by atoms with van der Waals surface area (Å²) in [4.78, 5) is 19.2. The molecular weight excluding hydrogens is 620 g/mol. The van der Waals surface area contributed by atoms with E-state index in [-0.39, 0.29) is 11.8 Å². The summed E-state index contributed by atoms with van der Waals surface area (Å²) in [5.74, 6) is 0.992. The minimum atomic E-state index is -0.759. The van der Waals surface area contributed by atoms with Crippen LogP contribution < -0.4 is 14.8 Å². The van der Waals surface area contributed by atoms with Crippen LogP contribution in [-0.4, -0.2) is 41.3 Å². The molecule has 2 aliphatic carbocycles. The maximum Gasteiger partial charge on any atom is 0.335 e. The molecule has 1 heterocycles. The van der Waals surface area contributed by atoms with E-state index in [1.165, 1.54) is 0 Å². The first-order chi connectivity index (χ1) is 24.7. The maximum absolute atomic E-state index is 14.4. The molecule has 0 saturated heterocycles. The smallest absolute Gasteiger partial charge is 0.335 e. The van der Waals surface area contributed by atoms with Crippen LogP contribution in [0.4, 0.5) is 0 Å². The SMILES string of the molecule is COc1ccc(CCNC(=O)C2(CCCCCOc3nnc(-c4ccccc4)c(C4C=CC=CC4)n3)c3ccccc3-c3ccccc32)cc1. The Labute approximate surface area is 294 Å². The van der Waals surface area contributed by atoms with Gasteiger partial charge in [-0.2, -0.15) is 4.98 Å². The molecule has 5 aromatic rings. The number of amides is 1. The molecule has 2 aliphatic rings. The van der Waals surface area contributed by atoms with Gasteiger partial charge in [-0.25, -0.2) is 0 Å². The standard InChI is InChI=1S/C43H42N4O3/c1-49-34-25-23-31(24-26-34)27-29-44-41(48)43(37-21-11-9-19-35(37)36-20-10-12-22-38(36)43)28-13-4-14-30-50-42-45-39(32-15-5-2-6-16-32)40(46-47-42)33-17-7-3-8-18-33/h2-3,5-12,15,17-26,32H,4,13-14,16,27-30H2,1H3,(H,44,48). The highest BCUT2D eigenvalue weighted by molar-refractivity contribution is 6.00. The van der Waals surface area contributed by atoms with Crippen LogP contribution in [0.1, 0.15) is 60.4 Å². The van der Waals surface area contributed by atoms with E-state index >= 15 is 0 Å². The Morgan fingerprint density at radius 2 is 1.54 bits per heavy atom. The molecule has 7 heteroatoms. The molecule has 7 nitrogen and oxygen atoms in total. The number of rotatable bonds is 14. The molecule has 7 rings (SSSR count). The molecule has 4 aromatic carbocycles. The Bertz CT molecular complexity index is 1940. The van der Waals surface area contributed by atoms with Crippen molar-refractivity contribution in [3.63, 3.8) is 0 Å². The van der Waals surface area contributed by atoms with E-state index in [2.05, 4.69) is 76.2 Å². The number of aromatic nitrogens is 3. The summed E-state index contributed by atoms with van der Waals surface area (Å²) in [6.45, 7) is 1.03. The summed E-state index contributed by atoms with van der Waals surface area (Å²) >= 11 is 0. The molecule has 0 bridgehead atoms. The van der Waals surface area contributed by atoms with Crippen molar-refractivity contribution < 1.29 is 14.3 Å². The minimum absolute atomic E-state index is 0.0526. The van der Waals surface area contributed by atoms with Crippen molar-refractivity contribution in [2.45, 2.75) is 49.9 Å². The normalized spacial score (nSPS) is 15.3. The summed E-state index contributed by atoms with van der Waals surface area (Å²) in [5, 5.41) is 12.2. The maximum atomic E-state index is 14.4. The number of carbonyl (C=O) groups is 1. The van der Waals surface area contributed by atoms with E-state index < -0.39 is 5.41 Å². The van der Waals surface area contributed by atoms with Gasteiger partial charge in [-0.1, -0.05) is 133 Å². The number of hydrogen-bond donors (Lipinski definition) is 1. The fourth-order valence-electron chi connectivity index (χ4n) is 7.28. The summed E-state index contributed by atoms with van der Waals surface area (Å²) in [7, 11) is 1.67. The number of allylic oxidation sites excluding steroid dienone is 4. The Hall–Kier alpha value is -5.56. The van der Waals surface area contributed by atoms with Crippen LogP contribution in [0.5, 0.6) is 11.8 Å². The van der Waals surface area contributed by atoms with Crippen molar-refractivity contribution in [1.29, 1.82) is 0 Å². The third-order valence-corrected chi connectivity index (χ3v) is 9.81. The van der Waals surface area contributed by atoms with Gasteiger partial charge in [0.1, 0.15) is 16.9 Å². The molecule has 1 amide bonds. The first-order valence-corrected chi connectivity index (χ1v) is 17.5. The van der Waals surface area contributed by atoms with Gasteiger partial charge in [-0.15, -0.1) is 5.10 Å².